The Kier molecular flexibility index (Phi) is 4.43. The van der Waals surface area contributed by atoms with Gasteiger partial charge in [-0.3, -0.25) is 9.48 Å². The largest absolute Gasteiger partial charge is 0.491 e. The average Bonchev–Trinajstić information content (AvgIpc) is 3.38. The fourth-order valence-electron chi connectivity index (χ4n) is 3.98. The molecule has 2 aromatic rings. The number of nitrogens with zero attached hydrogens (tertiary/aromatic N) is 4. The number of nitrogens with two attached hydrogens (primary N) is 1. The second-order valence-corrected chi connectivity index (χ2v) is 6.87. The number of primary amides is 1. The van der Waals surface area contributed by atoms with Gasteiger partial charge in [0.25, 0.3) is 0 Å². The van der Waals surface area contributed by atoms with Gasteiger partial charge in [0.05, 0.1) is 31.1 Å². The fraction of sp³-hybridized carbons (Fsp3) is 0.444. The zero-order chi connectivity index (χ0) is 19.0. The van der Waals surface area contributed by atoms with E-state index in [1.54, 1.807) is 19.5 Å². The number of nitrogens with one attached hydrogen (secondary N) is 2. The maximum atomic E-state index is 11.9. The molecular formula is C18H23N7O2. The van der Waals surface area contributed by atoms with Crippen molar-refractivity contribution in [1.29, 1.82) is 0 Å². The Hall–Kier alpha value is -3.10. The molecule has 27 heavy (non-hydrogen) atoms. The molecule has 0 saturated heterocycles. The molecule has 1 amide bonds. The average molecular weight is 369 g/mol. The van der Waals surface area contributed by atoms with Gasteiger partial charge in [-0.15, -0.1) is 0 Å². The molecule has 4 atom stereocenters. The first kappa shape index (κ1) is 17.3. The van der Waals surface area contributed by atoms with Crippen molar-refractivity contribution in [1.82, 2.24) is 19.7 Å². The number of fused-ring (bicyclic) bond motifs is 2. The van der Waals surface area contributed by atoms with Crippen LogP contribution >= 0.6 is 0 Å². The Morgan fingerprint density at radius 3 is 2.89 bits per heavy atom. The van der Waals surface area contributed by atoms with Gasteiger partial charge >= 0.3 is 0 Å². The van der Waals surface area contributed by atoms with Crippen molar-refractivity contribution in [2.45, 2.75) is 25.9 Å². The Morgan fingerprint density at radius 1 is 1.37 bits per heavy atom. The lowest BCUT2D eigenvalue weighted by atomic mass is 9.88. The summed E-state index contributed by atoms with van der Waals surface area (Å²) in [5, 5.41) is 10.7. The highest BCUT2D eigenvalue weighted by atomic mass is 16.5. The Morgan fingerprint density at radius 2 is 2.19 bits per heavy atom. The van der Waals surface area contributed by atoms with Gasteiger partial charge in [-0.25, -0.2) is 4.98 Å². The maximum absolute atomic E-state index is 11.9. The first-order valence-corrected chi connectivity index (χ1v) is 9.03. The monoisotopic (exact) mass is 369 g/mol. The van der Waals surface area contributed by atoms with E-state index in [1.165, 1.54) is 0 Å². The van der Waals surface area contributed by atoms with E-state index < -0.39 is 0 Å². The number of allylic oxidation sites excluding steroid dienone is 1. The van der Waals surface area contributed by atoms with Crippen molar-refractivity contribution in [3.05, 3.63) is 30.7 Å². The van der Waals surface area contributed by atoms with E-state index in [4.69, 9.17) is 10.5 Å². The van der Waals surface area contributed by atoms with E-state index >= 15 is 0 Å². The fourth-order valence-corrected chi connectivity index (χ4v) is 3.98. The summed E-state index contributed by atoms with van der Waals surface area (Å²) in [6, 6.07) is -0.100. The number of hydrogen-bond donors (Lipinski definition) is 3. The number of carbonyl (C=O) groups excluding carboxylic acids is 1. The van der Waals surface area contributed by atoms with Crippen molar-refractivity contribution in [3.63, 3.8) is 0 Å². The molecule has 4 rings (SSSR count). The second-order valence-electron chi connectivity index (χ2n) is 6.87. The smallest absolute Gasteiger partial charge is 0.229 e. The molecule has 2 heterocycles. The van der Waals surface area contributed by atoms with Crippen LogP contribution in [-0.4, -0.2) is 38.8 Å². The molecule has 0 aliphatic heterocycles. The second kappa shape index (κ2) is 6.90. The van der Waals surface area contributed by atoms with Crippen molar-refractivity contribution in [3.8, 4) is 5.75 Å². The molecule has 0 aromatic carbocycles. The van der Waals surface area contributed by atoms with Gasteiger partial charge in [0.1, 0.15) is 0 Å². The third-order valence-corrected chi connectivity index (χ3v) is 5.28. The summed E-state index contributed by atoms with van der Waals surface area (Å²) in [6.45, 7) is 2.80. The maximum Gasteiger partial charge on any atom is 0.229 e. The first-order chi connectivity index (χ1) is 13.1. The molecule has 1 fully saturated rings. The minimum absolute atomic E-state index is 0.100. The van der Waals surface area contributed by atoms with Gasteiger partial charge < -0.3 is 21.1 Å². The number of carbonyl (C=O) groups is 1. The van der Waals surface area contributed by atoms with Crippen LogP contribution < -0.4 is 21.1 Å². The highest BCUT2D eigenvalue weighted by Gasteiger charge is 2.47. The topological polar surface area (TPSA) is 120 Å². The van der Waals surface area contributed by atoms with Crippen LogP contribution in [0.25, 0.3) is 0 Å². The van der Waals surface area contributed by atoms with Crippen molar-refractivity contribution in [2.24, 2.45) is 23.5 Å². The van der Waals surface area contributed by atoms with E-state index in [-0.39, 0.29) is 29.7 Å². The number of rotatable bonds is 7. The van der Waals surface area contributed by atoms with Crippen LogP contribution in [0.5, 0.6) is 5.75 Å². The molecule has 142 valence electrons. The molecule has 4 N–H and O–H groups in total. The quantitative estimate of drug-likeness (QED) is 0.633. The van der Waals surface area contributed by atoms with Gasteiger partial charge in [-0.2, -0.15) is 10.1 Å². The van der Waals surface area contributed by atoms with E-state index in [0.29, 0.717) is 17.5 Å². The van der Waals surface area contributed by atoms with E-state index in [1.807, 2.05) is 17.8 Å². The standard InChI is InChI=1S/C18H23N7O2/c1-3-25-9-12(7-21-25)22-18-20-8-13(27-2)17(24-18)23-15-11-5-4-10(6-11)14(15)16(19)26/h4-5,7-11,14-15H,3,6H2,1-2H3,(H2,19,26)(H2,20,22,23,24)/t10-,11-,14-,15+/m0/s1. The zero-order valence-corrected chi connectivity index (χ0v) is 15.3. The number of aromatic nitrogens is 4. The predicted octanol–water partition coefficient (Wildman–Crippen LogP) is 1.53. The highest BCUT2D eigenvalue weighted by Crippen LogP contribution is 2.45. The van der Waals surface area contributed by atoms with Crippen LogP contribution in [0.15, 0.2) is 30.7 Å². The third-order valence-electron chi connectivity index (χ3n) is 5.28. The van der Waals surface area contributed by atoms with Crippen LogP contribution in [0.2, 0.25) is 0 Å². The molecule has 9 heteroatoms. The number of hydrogen-bond acceptors (Lipinski definition) is 7. The van der Waals surface area contributed by atoms with Crippen LogP contribution in [0.4, 0.5) is 17.5 Å². The molecule has 2 aromatic heterocycles. The normalized spacial score (nSPS) is 25.6. The Labute approximate surface area is 157 Å². The molecule has 1 saturated carbocycles. The van der Waals surface area contributed by atoms with Gasteiger partial charge in [0.2, 0.25) is 11.9 Å². The lowest BCUT2D eigenvalue weighted by molar-refractivity contribution is -0.122. The summed E-state index contributed by atoms with van der Waals surface area (Å²) in [7, 11) is 1.56. The van der Waals surface area contributed by atoms with E-state index in [0.717, 1.165) is 18.7 Å². The van der Waals surface area contributed by atoms with Crippen molar-refractivity contribution < 1.29 is 9.53 Å². The summed E-state index contributed by atoms with van der Waals surface area (Å²) < 4.78 is 7.20. The first-order valence-electron chi connectivity index (χ1n) is 9.03. The van der Waals surface area contributed by atoms with Gasteiger partial charge in [0, 0.05) is 18.8 Å². The third kappa shape index (κ3) is 3.20. The molecular weight excluding hydrogens is 346 g/mol. The molecule has 2 aliphatic rings. The lowest BCUT2D eigenvalue weighted by Gasteiger charge is -2.27. The van der Waals surface area contributed by atoms with Gasteiger partial charge in [-0.05, 0) is 25.2 Å². The number of methoxy groups -OCH3 is 1. The van der Waals surface area contributed by atoms with E-state index in [9.17, 15) is 4.79 Å². The summed E-state index contributed by atoms with van der Waals surface area (Å²) in [5.74, 6) is 1.38. The van der Waals surface area contributed by atoms with Gasteiger partial charge in [0.15, 0.2) is 11.6 Å². The Bertz CT molecular complexity index is 878. The molecule has 2 aliphatic carbocycles. The van der Waals surface area contributed by atoms with Crippen LogP contribution in [0, 0.1) is 17.8 Å². The minimum atomic E-state index is -0.289. The minimum Gasteiger partial charge on any atom is -0.491 e. The molecule has 0 radical (unpaired) electrons. The summed E-state index contributed by atoms with van der Waals surface area (Å²) in [5.41, 5.74) is 6.45. The van der Waals surface area contributed by atoms with Gasteiger partial charge in [-0.1, -0.05) is 12.2 Å². The Balaban J connectivity index is 1.58. The predicted molar refractivity (Wildman–Crippen MR) is 101 cm³/mol. The number of amides is 1. The molecule has 0 unspecified atom stereocenters. The highest BCUT2D eigenvalue weighted by molar-refractivity contribution is 5.80. The number of ether oxygens (including phenoxy) is 1. The van der Waals surface area contributed by atoms with Crippen LogP contribution in [0.3, 0.4) is 0 Å². The van der Waals surface area contributed by atoms with E-state index in [2.05, 4.69) is 37.9 Å². The lowest BCUT2D eigenvalue weighted by Crippen LogP contribution is -2.41. The number of aryl methyl sites for hydroxylation is 1. The van der Waals surface area contributed by atoms with Crippen LogP contribution in [0.1, 0.15) is 13.3 Å². The summed E-state index contributed by atoms with van der Waals surface area (Å²) in [4.78, 5) is 20.8. The molecule has 9 nitrogen and oxygen atoms in total. The SMILES string of the molecule is CCn1cc(Nc2ncc(OC)c(N[C@H]3[C@@H](C(N)=O)[C@H]4C=C[C@H]3C4)n2)cn1. The summed E-state index contributed by atoms with van der Waals surface area (Å²) >= 11 is 0. The number of anilines is 3. The molecule has 2 bridgehead atoms. The van der Waals surface area contributed by atoms with Crippen molar-refractivity contribution >= 4 is 23.4 Å². The van der Waals surface area contributed by atoms with Crippen LogP contribution in [-0.2, 0) is 11.3 Å². The molecule has 0 spiro atoms. The zero-order valence-electron chi connectivity index (χ0n) is 15.3. The van der Waals surface area contributed by atoms with Crippen molar-refractivity contribution in [2.75, 3.05) is 17.7 Å². The summed E-state index contributed by atoms with van der Waals surface area (Å²) in [6.07, 6.45) is 10.4.